The normalized spacial score (nSPS) is 26.0. The first-order valence-corrected chi connectivity index (χ1v) is 6.43. The predicted octanol–water partition coefficient (Wildman–Crippen LogP) is 1.63. The number of hydrogen-bond donors (Lipinski definition) is 1. The number of aryl methyl sites for hydroxylation is 2. The lowest BCUT2D eigenvalue weighted by molar-refractivity contribution is 0.0991. The van der Waals surface area contributed by atoms with Gasteiger partial charge in [0.25, 0.3) is 0 Å². The van der Waals surface area contributed by atoms with Crippen molar-refractivity contribution in [1.82, 2.24) is 14.7 Å². The molecule has 4 nitrogen and oxygen atoms in total. The van der Waals surface area contributed by atoms with Gasteiger partial charge in [0.2, 0.25) is 0 Å². The van der Waals surface area contributed by atoms with Crippen LogP contribution in [-0.4, -0.2) is 38.5 Å². The molecule has 1 aromatic heterocycles. The van der Waals surface area contributed by atoms with E-state index in [0.717, 1.165) is 18.5 Å². The molecule has 0 aromatic carbocycles. The van der Waals surface area contributed by atoms with Gasteiger partial charge in [0, 0.05) is 36.9 Å². The van der Waals surface area contributed by atoms with E-state index < -0.39 is 0 Å². The van der Waals surface area contributed by atoms with Crippen molar-refractivity contribution in [3.05, 3.63) is 17.5 Å². The monoisotopic (exact) mass is 237 g/mol. The Balaban J connectivity index is 2.29. The lowest BCUT2D eigenvalue weighted by Gasteiger charge is -2.32. The van der Waals surface area contributed by atoms with Crippen LogP contribution in [0.15, 0.2) is 6.20 Å². The minimum atomic E-state index is 0.258. The maximum Gasteiger partial charge on any atom is 0.0641 e. The molecule has 1 aliphatic rings. The van der Waals surface area contributed by atoms with Crippen LogP contribution < -0.4 is 0 Å². The Hall–Kier alpha value is -0.870. The van der Waals surface area contributed by atoms with E-state index in [1.807, 2.05) is 11.7 Å². The lowest BCUT2D eigenvalue weighted by atomic mass is 10.1. The molecule has 0 amide bonds. The Kier molecular flexibility index (Phi) is 3.54. The number of rotatable bonds is 3. The van der Waals surface area contributed by atoms with Crippen molar-refractivity contribution in [2.45, 2.75) is 51.7 Å². The summed E-state index contributed by atoms with van der Waals surface area (Å²) in [5, 5.41) is 13.9. The molecule has 1 aromatic rings. The SMILES string of the molecule is Cc1nn(C)cc1C1CCC(CO)N1C(C)C. The molecule has 1 aliphatic heterocycles. The zero-order valence-corrected chi connectivity index (χ0v) is 11.2. The number of aromatic nitrogens is 2. The standard InChI is InChI=1S/C13H23N3O/c1-9(2)16-11(8-17)5-6-13(16)12-7-15(4)14-10(12)3/h7,9,11,13,17H,5-6,8H2,1-4H3. The van der Waals surface area contributed by atoms with E-state index in [2.05, 4.69) is 37.0 Å². The summed E-state index contributed by atoms with van der Waals surface area (Å²) in [4.78, 5) is 2.43. The van der Waals surface area contributed by atoms with Crippen LogP contribution in [0.2, 0.25) is 0 Å². The third-order valence-corrected chi connectivity index (χ3v) is 3.77. The highest BCUT2D eigenvalue weighted by atomic mass is 16.3. The molecule has 96 valence electrons. The van der Waals surface area contributed by atoms with Crippen LogP contribution in [-0.2, 0) is 7.05 Å². The molecule has 0 radical (unpaired) electrons. The number of hydrogen-bond acceptors (Lipinski definition) is 3. The first-order chi connectivity index (χ1) is 8.04. The maximum absolute atomic E-state index is 9.46. The zero-order valence-electron chi connectivity index (χ0n) is 11.2. The van der Waals surface area contributed by atoms with Crippen molar-refractivity contribution in [2.24, 2.45) is 7.05 Å². The van der Waals surface area contributed by atoms with Crippen LogP contribution in [0.3, 0.4) is 0 Å². The van der Waals surface area contributed by atoms with Gasteiger partial charge in [-0.05, 0) is 33.6 Å². The fourth-order valence-electron chi connectivity index (χ4n) is 3.13. The Morgan fingerprint density at radius 2 is 2.18 bits per heavy atom. The third kappa shape index (κ3) is 2.24. The smallest absolute Gasteiger partial charge is 0.0641 e. The van der Waals surface area contributed by atoms with E-state index >= 15 is 0 Å². The molecular formula is C13H23N3O. The largest absolute Gasteiger partial charge is 0.395 e. The van der Waals surface area contributed by atoms with Crippen LogP contribution >= 0.6 is 0 Å². The molecule has 0 spiro atoms. The van der Waals surface area contributed by atoms with Crippen molar-refractivity contribution < 1.29 is 5.11 Å². The molecule has 0 aliphatic carbocycles. The van der Waals surface area contributed by atoms with Crippen molar-refractivity contribution in [1.29, 1.82) is 0 Å². The fraction of sp³-hybridized carbons (Fsp3) is 0.769. The zero-order chi connectivity index (χ0) is 12.6. The van der Waals surface area contributed by atoms with Crippen LogP contribution in [0.5, 0.6) is 0 Å². The first-order valence-electron chi connectivity index (χ1n) is 6.43. The number of aliphatic hydroxyl groups is 1. The van der Waals surface area contributed by atoms with Gasteiger partial charge in [-0.2, -0.15) is 5.10 Å². The van der Waals surface area contributed by atoms with Gasteiger partial charge in [0.05, 0.1) is 12.3 Å². The van der Waals surface area contributed by atoms with E-state index in [1.54, 1.807) is 0 Å². The van der Waals surface area contributed by atoms with Crippen molar-refractivity contribution in [3.8, 4) is 0 Å². The summed E-state index contributed by atoms with van der Waals surface area (Å²) in [5.74, 6) is 0. The summed E-state index contributed by atoms with van der Waals surface area (Å²) in [6.07, 6.45) is 4.32. The van der Waals surface area contributed by atoms with E-state index in [0.29, 0.717) is 18.1 Å². The second-order valence-electron chi connectivity index (χ2n) is 5.31. The van der Waals surface area contributed by atoms with Gasteiger partial charge in [-0.1, -0.05) is 0 Å². The van der Waals surface area contributed by atoms with Gasteiger partial charge < -0.3 is 5.11 Å². The molecule has 2 heterocycles. The molecule has 1 N–H and O–H groups in total. The lowest BCUT2D eigenvalue weighted by Crippen LogP contribution is -2.39. The number of likely N-dealkylation sites (tertiary alicyclic amines) is 1. The summed E-state index contributed by atoms with van der Waals surface area (Å²) >= 11 is 0. The summed E-state index contributed by atoms with van der Waals surface area (Å²) in [7, 11) is 1.97. The van der Waals surface area contributed by atoms with Crippen molar-refractivity contribution in [2.75, 3.05) is 6.61 Å². The summed E-state index contributed by atoms with van der Waals surface area (Å²) < 4.78 is 1.88. The van der Waals surface area contributed by atoms with Crippen LogP contribution in [0.1, 0.15) is 44.0 Å². The second-order valence-corrected chi connectivity index (χ2v) is 5.31. The molecule has 0 saturated carbocycles. The molecule has 1 saturated heterocycles. The molecule has 2 rings (SSSR count). The van der Waals surface area contributed by atoms with Crippen LogP contribution in [0, 0.1) is 6.92 Å². The second kappa shape index (κ2) is 4.78. The maximum atomic E-state index is 9.46. The molecular weight excluding hydrogens is 214 g/mol. The molecule has 0 bridgehead atoms. The van der Waals surface area contributed by atoms with Gasteiger partial charge in [-0.3, -0.25) is 9.58 Å². The fourth-order valence-corrected chi connectivity index (χ4v) is 3.13. The number of aliphatic hydroxyl groups excluding tert-OH is 1. The van der Waals surface area contributed by atoms with Gasteiger partial charge in [0.15, 0.2) is 0 Å². The minimum Gasteiger partial charge on any atom is -0.395 e. The van der Waals surface area contributed by atoms with Crippen molar-refractivity contribution >= 4 is 0 Å². The van der Waals surface area contributed by atoms with Gasteiger partial charge in [0.1, 0.15) is 0 Å². The Bertz CT molecular complexity index is 386. The van der Waals surface area contributed by atoms with E-state index in [1.165, 1.54) is 5.56 Å². The van der Waals surface area contributed by atoms with E-state index in [4.69, 9.17) is 0 Å². The van der Waals surface area contributed by atoms with Gasteiger partial charge in [-0.15, -0.1) is 0 Å². The summed E-state index contributed by atoms with van der Waals surface area (Å²) in [6, 6.07) is 1.18. The van der Waals surface area contributed by atoms with Gasteiger partial charge >= 0.3 is 0 Å². The average molecular weight is 237 g/mol. The highest BCUT2D eigenvalue weighted by Crippen LogP contribution is 2.38. The predicted molar refractivity (Wildman–Crippen MR) is 67.8 cm³/mol. The Labute approximate surface area is 103 Å². The van der Waals surface area contributed by atoms with E-state index in [9.17, 15) is 5.11 Å². The molecule has 2 unspecified atom stereocenters. The van der Waals surface area contributed by atoms with E-state index in [-0.39, 0.29) is 6.61 Å². The van der Waals surface area contributed by atoms with Crippen molar-refractivity contribution in [3.63, 3.8) is 0 Å². The molecule has 1 fully saturated rings. The summed E-state index contributed by atoms with van der Waals surface area (Å²) in [5.41, 5.74) is 2.43. The third-order valence-electron chi connectivity index (χ3n) is 3.77. The summed E-state index contributed by atoms with van der Waals surface area (Å²) in [6.45, 7) is 6.73. The Morgan fingerprint density at radius 1 is 1.47 bits per heavy atom. The van der Waals surface area contributed by atoms with Crippen LogP contribution in [0.4, 0.5) is 0 Å². The van der Waals surface area contributed by atoms with Gasteiger partial charge in [-0.25, -0.2) is 0 Å². The van der Waals surface area contributed by atoms with Crippen LogP contribution in [0.25, 0.3) is 0 Å². The molecule has 4 heteroatoms. The quantitative estimate of drug-likeness (QED) is 0.869. The highest BCUT2D eigenvalue weighted by molar-refractivity contribution is 5.22. The topological polar surface area (TPSA) is 41.3 Å². The first kappa shape index (κ1) is 12.6. The highest BCUT2D eigenvalue weighted by Gasteiger charge is 2.36. The number of nitrogens with zero attached hydrogens (tertiary/aromatic N) is 3. The minimum absolute atomic E-state index is 0.258. The molecule has 2 atom stereocenters. The Morgan fingerprint density at radius 3 is 2.65 bits per heavy atom. The average Bonchev–Trinajstić information content (AvgIpc) is 2.80. The molecule has 17 heavy (non-hydrogen) atoms.